The molecule has 0 bridgehead atoms. The summed E-state index contributed by atoms with van der Waals surface area (Å²) in [6.45, 7) is 2.12. The lowest BCUT2D eigenvalue weighted by molar-refractivity contribution is 0.233. The van der Waals surface area contributed by atoms with E-state index in [9.17, 15) is 22.0 Å². The van der Waals surface area contributed by atoms with Crippen molar-refractivity contribution in [1.29, 1.82) is 0 Å². The van der Waals surface area contributed by atoms with Crippen LogP contribution in [0.15, 0.2) is 30.3 Å². The van der Waals surface area contributed by atoms with Gasteiger partial charge in [0.15, 0.2) is 11.6 Å². The number of allylic oxidation sites excluding steroid dienone is 1. The molecule has 1 aliphatic rings. The van der Waals surface area contributed by atoms with Crippen LogP contribution in [-0.4, -0.2) is 6.17 Å². The SMILES string of the molecule is CCCCCC/C=C/c1c(F)cc(C#Cc2ccc(C3CCC(F)CC3)c(F)c2F)cc1F. The first kappa shape index (κ1) is 25.0. The van der Waals surface area contributed by atoms with Gasteiger partial charge in [0.25, 0.3) is 0 Å². The summed E-state index contributed by atoms with van der Waals surface area (Å²) in [4.78, 5) is 0. The zero-order chi connectivity index (χ0) is 23.8. The second-order valence-electron chi connectivity index (χ2n) is 8.63. The largest absolute Gasteiger partial charge is 0.247 e. The summed E-state index contributed by atoms with van der Waals surface area (Å²) >= 11 is 0. The summed E-state index contributed by atoms with van der Waals surface area (Å²) < 4.78 is 71.3. The van der Waals surface area contributed by atoms with E-state index in [0.29, 0.717) is 25.7 Å². The highest BCUT2D eigenvalue weighted by molar-refractivity contribution is 5.54. The van der Waals surface area contributed by atoms with Gasteiger partial charge in [0, 0.05) is 11.1 Å². The lowest BCUT2D eigenvalue weighted by Crippen LogP contribution is -2.15. The Morgan fingerprint density at radius 1 is 0.879 bits per heavy atom. The van der Waals surface area contributed by atoms with Gasteiger partial charge in [0.2, 0.25) is 0 Å². The van der Waals surface area contributed by atoms with Crippen molar-refractivity contribution in [2.45, 2.75) is 76.8 Å². The van der Waals surface area contributed by atoms with Gasteiger partial charge in [-0.25, -0.2) is 22.0 Å². The van der Waals surface area contributed by atoms with E-state index in [1.165, 1.54) is 18.2 Å². The first-order valence-electron chi connectivity index (χ1n) is 11.7. The molecule has 176 valence electrons. The molecule has 0 aliphatic heterocycles. The van der Waals surface area contributed by atoms with Gasteiger partial charge < -0.3 is 0 Å². The van der Waals surface area contributed by atoms with Gasteiger partial charge in [-0.2, -0.15) is 0 Å². The minimum Gasteiger partial charge on any atom is -0.247 e. The molecule has 5 heteroatoms. The highest BCUT2D eigenvalue weighted by Gasteiger charge is 2.26. The van der Waals surface area contributed by atoms with E-state index in [-0.39, 0.29) is 28.2 Å². The van der Waals surface area contributed by atoms with E-state index >= 15 is 0 Å². The number of alkyl halides is 1. The number of hydrogen-bond donors (Lipinski definition) is 0. The molecule has 0 heterocycles. The molecule has 0 N–H and O–H groups in total. The Hall–Kier alpha value is -2.61. The third kappa shape index (κ3) is 6.69. The molecule has 3 rings (SSSR count). The van der Waals surface area contributed by atoms with Crippen molar-refractivity contribution in [2.24, 2.45) is 0 Å². The molecule has 0 aromatic heterocycles. The second kappa shape index (κ2) is 12.0. The maximum atomic E-state index is 14.6. The van der Waals surface area contributed by atoms with Crippen LogP contribution in [0.1, 0.15) is 92.9 Å². The molecular formula is C28H29F5. The molecule has 0 atom stereocenters. The van der Waals surface area contributed by atoms with Gasteiger partial charge in [0.05, 0.1) is 5.56 Å². The summed E-state index contributed by atoms with van der Waals surface area (Å²) in [7, 11) is 0. The Morgan fingerprint density at radius 2 is 1.58 bits per heavy atom. The lowest BCUT2D eigenvalue weighted by Gasteiger charge is -2.25. The summed E-state index contributed by atoms with van der Waals surface area (Å²) in [6.07, 6.45) is 8.98. The van der Waals surface area contributed by atoms with Crippen molar-refractivity contribution in [1.82, 2.24) is 0 Å². The van der Waals surface area contributed by atoms with Crippen LogP contribution in [0, 0.1) is 35.1 Å². The first-order chi connectivity index (χ1) is 15.9. The molecule has 0 amide bonds. The molecular weight excluding hydrogens is 431 g/mol. The number of halogens is 5. The van der Waals surface area contributed by atoms with Crippen molar-refractivity contribution < 1.29 is 22.0 Å². The highest BCUT2D eigenvalue weighted by Crippen LogP contribution is 2.36. The molecule has 0 spiro atoms. The fourth-order valence-corrected chi connectivity index (χ4v) is 4.19. The standard InChI is InChI=1S/C28H29F5/c1-2-3-4-5-6-7-8-24-25(30)17-19(18-26(24)31)9-10-21-13-16-23(28(33)27(21)32)20-11-14-22(29)15-12-20/h7-8,13,16-18,20,22H,2-6,11-12,14-15H2,1H3/b8-7+. The predicted molar refractivity (Wildman–Crippen MR) is 123 cm³/mol. The topological polar surface area (TPSA) is 0 Å². The van der Waals surface area contributed by atoms with Crippen LogP contribution in [-0.2, 0) is 0 Å². The summed E-state index contributed by atoms with van der Waals surface area (Å²) in [5.74, 6) is 1.19. The van der Waals surface area contributed by atoms with E-state index < -0.39 is 29.4 Å². The minimum absolute atomic E-state index is 0.0373. The molecule has 0 unspecified atom stereocenters. The maximum absolute atomic E-state index is 14.6. The Balaban J connectivity index is 1.73. The van der Waals surface area contributed by atoms with Crippen molar-refractivity contribution in [3.63, 3.8) is 0 Å². The normalized spacial score (nSPS) is 18.4. The highest BCUT2D eigenvalue weighted by atomic mass is 19.2. The first-order valence-corrected chi connectivity index (χ1v) is 11.7. The predicted octanol–water partition coefficient (Wildman–Crippen LogP) is 8.62. The van der Waals surface area contributed by atoms with Gasteiger partial charge in [-0.15, -0.1) is 0 Å². The van der Waals surface area contributed by atoms with Crippen LogP contribution < -0.4 is 0 Å². The molecule has 2 aromatic carbocycles. The second-order valence-corrected chi connectivity index (χ2v) is 8.63. The summed E-state index contributed by atoms with van der Waals surface area (Å²) in [5, 5.41) is 0. The minimum atomic E-state index is -1.09. The van der Waals surface area contributed by atoms with Gasteiger partial charge in [-0.3, -0.25) is 0 Å². The molecule has 0 saturated heterocycles. The van der Waals surface area contributed by atoms with E-state index in [0.717, 1.165) is 44.2 Å². The quantitative estimate of drug-likeness (QED) is 0.220. The third-order valence-corrected chi connectivity index (χ3v) is 6.14. The van der Waals surface area contributed by atoms with E-state index in [1.807, 2.05) is 0 Å². The Morgan fingerprint density at radius 3 is 2.24 bits per heavy atom. The van der Waals surface area contributed by atoms with Crippen molar-refractivity contribution in [2.75, 3.05) is 0 Å². The van der Waals surface area contributed by atoms with Crippen LogP contribution in [0.3, 0.4) is 0 Å². The van der Waals surface area contributed by atoms with Gasteiger partial charge >= 0.3 is 0 Å². The third-order valence-electron chi connectivity index (χ3n) is 6.14. The van der Waals surface area contributed by atoms with Crippen molar-refractivity contribution in [3.05, 3.63) is 75.9 Å². The van der Waals surface area contributed by atoms with Gasteiger partial charge in [-0.1, -0.05) is 56.2 Å². The number of unbranched alkanes of at least 4 members (excludes halogenated alkanes) is 4. The Kier molecular flexibility index (Phi) is 9.11. The molecule has 0 radical (unpaired) electrons. The van der Waals surface area contributed by atoms with Crippen LogP contribution >= 0.6 is 0 Å². The Labute approximate surface area is 192 Å². The zero-order valence-electron chi connectivity index (χ0n) is 18.9. The Bertz CT molecular complexity index is 1010. The summed E-state index contributed by atoms with van der Waals surface area (Å²) in [5.41, 5.74) is -0.0592. The smallest absolute Gasteiger partial charge is 0.174 e. The molecule has 33 heavy (non-hydrogen) atoms. The number of rotatable bonds is 7. The molecule has 2 aromatic rings. The van der Waals surface area contributed by atoms with Crippen molar-refractivity contribution in [3.8, 4) is 11.8 Å². The van der Waals surface area contributed by atoms with Gasteiger partial charge in [-0.05, 0) is 68.2 Å². The molecule has 1 saturated carbocycles. The maximum Gasteiger partial charge on any atom is 0.174 e. The average molecular weight is 461 g/mol. The number of hydrogen-bond acceptors (Lipinski definition) is 0. The van der Waals surface area contributed by atoms with E-state index in [2.05, 4.69) is 18.8 Å². The lowest BCUT2D eigenvalue weighted by atomic mass is 9.82. The van der Waals surface area contributed by atoms with E-state index in [1.54, 1.807) is 6.08 Å². The van der Waals surface area contributed by atoms with Gasteiger partial charge in [0.1, 0.15) is 17.8 Å². The average Bonchev–Trinajstić information content (AvgIpc) is 2.79. The van der Waals surface area contributed by atoms with Crippen LogP contribution in [0.5, 0.6) is 0 Å². The fourth-order valence-electron chi connectivity index (χ4n) is 4.19. The van der Waals surface area contributed by atoms with Crippen LogP contribution in [0.25, 0.3) is 6.08 Å². The monoisotopic (exact) mass is 460 g/mol. The van der Waals surface area contributed by atoms with Crippen molar-refractivity contribution >= 4 is 6.08 Å². The van der Waals surface area contributed by atoms with E-state index in [4.69, 9.17) is 0 Å². The van der Waals surface area contributed by atoms with Crippen LogP contribution in [0.4, 0.5) is 22.0 Å². The molecule has 1 aliphatic carbocycles. The summed E-state index contributed by atoms with van der Waals surface area (Å²) in [6, 6.07) is 5.02. The number of benzene rings is 2. The molecule has 1 fully saturated rings. The van der Waals surface area contributed by atoms with Crippen LogP contribution in [0.2, 0.25) is 0 Å². The molecule has 0 nitrogen and oxygen atoms in total. The zero-order valence-corrected chi connectivity index (χ0v) is 18.9. The fraction of sp³-hybridized carbons (Fsp3) is 0.429.